The molecule has 1 aliphatic rings. The van der Waals surface area contributed by atoms with Crippen LogP contribution >= 0.6 is 0 Å². The van der Waals surface area contributed by atoms with E-state index < -0.39 is 24.0 Å². The molecule has 0 saturated carbocycles. The average molecular weight is 388 g/mol. The number of carbonyl (C=O) groups excluding carboxylic acids is 1. The normalized spacial score (nSPS) is 17.9. The molecule has 148 valence electrons. The third-order valence-electron chi connectivity index (χ3n) is 4.65. The third kappa shape index (κ3) is 3.17. The second kappa shape index (κ2) is 7.67. The Hall–Kier alpha value is -3.42. The van der Waals surface area contributed by atoms with E-state index in [0.29, 0.717) is 34.1 Å². The quantitative estimate of drug-likeness (QED) is 0.754. The van der Waals surface area contributed by atoms with Crippen molar-refractivity contribution in [2.45, 2.75) is 12.0 Å². The van der Waals surface area contributed by atoms with Gasteiger partial charge in [-0.25, -0.2) is 4.79 Å². The summed E-state index contributed by atoms with van der Waals surface area (Å²) in [6.07, 6.45) is -1.05. The van der Waals surface area contributed by atoms with Crippen LogP contribution < -0.4 is 18.9 Å². The number of benzene rings is 2. The van der Waals surface area contributed by atoms with E-state index in [-0.39, 0.29) is 5.56 Å². The highest BCUT2D eigenvalue weighted by Crippen LogP contribution is 2.45. The number of rotatable bonds is 6. The maximum Gasteiger partial charge on any atom is 0.339 e. The monoisotopic (exact) mass is 388 g/mol. The molecule has 8 heteroatoms. The summed E-state index contributed by atoms with van der Waals surface area (Å²) in [4.78, 5) is 24.7. The van der Waals surface area contributed by atoms with Crippen LogP contribution in [0.2, 0.25) is 0 Å². The number of aliphatic carboxylic acids is 1. The van der Waals surface area contributed by atoms with Crippen LogP contribution in [0.3, 0.4) is 0 Å². The van der Waals surface area contributed by atoms with Crippen molar-refractivity contribution in [1.82, 2.24) is 0 Å². The van der Waals surface area contributed by atoms with Crippen molar-refractivity contribution in [2.75, 3.05) is 28.4 Å². The lowest BCUT2D eigenvalue weighted by molar-refractivity contribution is -0.142. The van der Waals surface area contributed by atoms with Crippen LogP contribution in [0.25, 0.3) is 0 Å². The van der Waals surface area contributed by atoms with Gasteiger partial charge in [-0.3, -0.25) is 4.79 Å². The van der Waals surface area contributed by atoms with Gasteiger partial charge in [-0.05, 0) is 35.4 Å². The Labute approximate surface area is 161 Å². The molecule has 1 heterocycles. The van der Waals surface area contributed by atoms with Crippen LogP contribution in [0.5, 0.6) is 23.0 Å². The molecule has 3 rings (SSSR count). The van der Waals surface area contributed by atoms with E-state index in [0.717, 1.165) is 0 Å². The third-order valence-corrected chi connectivity index (χ3v) is 4.65. The molecule has 0 fully saturated rings. The van der Waals surface area contributed by atoms with Crippen molar-refractivity contribution in [1.29, 1.82) is 0 Å². The number of carboxylic acid groups (broad SMARTS) is 1. The fourth-order valence-electron chi connectivity index (χ4n) is 3.29. The van der Waals surface area contributed by atoms with Crippen molar-refractivity contribution in [2.24, 2.45) is 0 Å². The fraction of sp³-hybridized carbons (Fsp3) is 0.300. The molecule has 0 aromatic heterocycles. The first-order valence-electron chi connectivity index (χ1n) is 8.36. The SMILES string of the molecule is COc1ccc([C@H]2OC(=O)c3cc(OC)c(OC)cc3[C@@H]2C(=O)O)cc1OC. The first-order chi connectivity index (χ1) is 13.4. The predicted octanol–water partition coefficient (Wildman–Crippen LogP) is 2.80. The van der Waals surface area contributed by atoms with Crippen molar-refractivity contribution in [3.63, 3.8) is 0 Å². The highest BCUT2D eigenvalue weighted by molar-refractivity contribution is 5.97. The van der Waals surface area contributed by atoms with Crippen LogP contribution in [0, 0.1) is 0 Å². The highest BCUT2D eigenvalue weighted by atomic mass is 16.5. The maximum atomic E-state index is 12.6. The summed E-state index contributed by atoms with van der Waals surface area (Å²) in [6.45, 7) is 0. The van der Waals surface area contributed by atoms with Gasteiger partial charge in [0.15, 0.2) is 23.0 Å². The predicted molar refractivity (Wildman–Crippen MR) is 97.6 cm³/mol. The van der Waals surface area contributed by atoms with Crippen molar-refractivity contribution < 1.29 is 38.4 Å². The lowest BCUT2D eigenvalue weighted by atomic mass is 9.83. The molecule has 2 atom stereocenters. The van der Waals surface area contributed by atoms with Crippen LogP contribution in [-0.2, 0) is 9.53 Å². The van der Waals surface area contributed by atoms with E-state index in [1.807, 2.05) is 0 Å². The summed E-state index contributed by atoms with van der Waals surface area (Å²) in [7, 11) is 5.83. The molecule has 2 aromatic carbocycles. The Morgan fingerprint density at radius 2 is 1.46 bits per heavy atom. The van der Waals surface area contributed by atoms with Crippen LogP contribution in [0.1, 0.15) is 33.5 Å². The van der Waals surface area contributed by atoms with Crippen molar-refractivity contribution >= 4 is 11.9 Å². The number of hydrogen-bond acceptors (Lipinski definition) is 7. The smallest absolute Gasteiger partial charge is 0.339 e. The van der Waals surface area contributed by atoms with Gasteiger partial charge in [-0.2, -0.15) is 0 Å². The minimum absolute atomic E-state index is 0.127. The Bertz CT molecular complexity index is 921. The summed E-state index contributed by atoms with van der Waals surface area (Å²) in [5, 5.41) is 9.90. The average Bonchev–Trinajstić information content (AvgIpc) is 2.71. The standard InChI is InChI=1S/C20H20O8/c1-24-13-6-5-10(7-14(13)25-2)18-17(19(21)22)11-8-15(26-3)16(27-4)9-12(11)20(23)28-18/h5-9,17-18H,1-4H3,(H,21,22)/t17-,18+/m0/s1. The summed E-state index contributed by atoms with van der Waals surface area (Å²) in [6, 6.07) is 7.79. The van der Waals surface area contributed by atoms with Gasteiger partial charge < -0.3 is 28.8 Å². The number of hydrogen-bond donors (Lipinski definition) is 1. The zero-order valence-corrected chi connectivity index (χ0v) is 15.8. The first-order valence-corrected chi connectivity index (χ1v) is 8.36. The Morgan fingerprint density at radius 3 is 2.04 bits per heavy atom. The zero-order chi connectivity index (χ0) is 20.4. The van der Waals surface area contributed by atoms with E-state index in [1.165, 1.54) is 40.6 Å². The summed E-state index contributed by atoms with van der Waals surface area (Å²) < 4.78 is 26.5. The van der Waals surface area contributed by atoms with Gasteiger partial charge in [-0.1, -0.05) is 6.07 Å². The lowest BCUT2D eigenvalue weighted by Gasteiger charge is -2.31. The van der Waals surface area contributed by atoms with E-state index >= 15 is 0 Å². The van der Waals surface area contributed by atoms with E-state index in [4.69, 9.17) is 23.7 Å². The molecule has 0 unspecified atom stereocenters. The van der Waals surface area contributed by atoms with Gasteiger partial charge >= 0.3 is 11.9 Å². The van der Waals surface area contributed by atoms with Gasteiger partial charge in [0.25, 0.3) is 0 Å². The van der Waals surface area contributed by atoms with Gasteiger partial charge in [0, 0.05) is 0 Å². The highest BCUT2D eigenvalue weighted by Gasteiger charge is 2.42. The minimum Gasteiger partial charge on any atom is -0.493 e. The Balaban J connectivity index is 2.15. The molecular weight excluding hydrogens is 368 g/mol. The molecule has 8 nitrogen and oxygen atoms in total. The molecular formula is C20H20O8. The molecule has 0 amide bonds. The second-order valence-corrected chi connectivity index (χ2v) is 6.05. The summed E-state index contributed by atoms with van der Waals surface area (Å²) in [5.74, 6) is -1.40. The molecule has 0 saturated heterocycles. The second-order valence-electron chi connectivity index (χ2n) is 6.05. The molecule has 0 spiro atoms. The number of carboxylic acids is 1. The van der Waals surface area contributed by atoms with Gasteiger partial charge in [0.2, 0.25) is 0 Å². The van der Waals surface area contributed by atoms with Gasteiger partial charge in [0.1, 0.15) is 12.0 Å². The zero-order valence-electron chi connectivity index (χ0n) is 15.8. The van der Waals surface area contributed by atoms with Gasteiger partial charge in [0.05, 0.1) is 34.0 Å². The first kappa shape index (κ1) is 19.3. The van der Waals surface area contributed by atoms with E-state index in [9.17, 15) is 14.7 Å². The minimum atomic E-state index is -1.14. The number of methoxy groups -OCH3 is 4. The van der Waals surface area contributed by atoms with Crippen LogP contribution in [0.15, 0.2) is 30.3 Å². The topological polar surface area (TPSA) is 101 Å². The number of ether oxygens (including phenoxy) is 5. The van der Waals surface area contributed by atoms with E-state index in [1.54, 1.807) is 18.2 Å². The molecule has 1 N–H and O–H groups in total. The fourth-order valence-corrected chi connectivity index (χ4v) is 3.29. The van der Waals surface area contributed by atoms with Crippen molar-refractivity contribution in [3.8, 4) is 23.0 Å². The Morgan fingerprint density at radius 1 is 0.893 bits per heavy atom. The largest absolute Gasteiger partial charge is 0.493 e. The lowest BCUT2D eigenvalue weighted by Crippen LogP contribution is -2.31. The number of fused-ring (bicyclic) bond motifs is 1. The summed E-state index contributed by atoms with van der Waals surface area (Å²) >= 11 is 0. The molecule has 0 aliphatic carbocycles. The molecule has 1 aliphatic heterocycles. The number of esters is 1. The molecule has 0 bridgehead atoms. The number of cyclic esters (lactones) is 1. The van der Waals surface area contributed by atoms with Crippen molar-refractivity contribution in [3.05, 3.63) is 47.0 Å². The molecule has 2 aromatic rings. The Kier molecular flexibility index (Phi) is 5.30. The molecule has 0 radical (unpaired) electrons. The van der Waals surface area contributed by atoms with Crippen LogP contribution in [-0.4, -0.2) is 45.5 Å². The van der Waals surface area contributed by atoms with E-state index in [2.05, 4.69) is 0 Å². The summed E-state index contributed by atoms with van der Waals surface area (Å²) in [5.41, 5.74) is 0.891. The van der Waals surface area contributed by atoms with Gasteiger partial charge in [-0.15, -0.1) is 0 Å². The maximum absolute atomic E-state index is 12.6. The molecule has 28 heavy (non-hydrogen) atoms. The number of carbonyl (C=O) groups is 2. The van der Waals surface area contributed by atoms with Crippen LogP contribution in [0.4, 0.5) is 0 Å².